The van der Waals surface area contributed by atoms with E-state index in [9.17, 15) is 14.9 Å². The summed E-state index contributed by atoms with van der Waals surface area (Å²) in [6, 6.07) is 18.5. The maximum atomic E-state index is 12.8. The Kier molecular flexibility index (Phi) is 6.46. The maximum absolute atomic E-state index is 12.8. The van der Waals surface area contributed by atoms with Crippen LogP contribution in [0.1, 0.15) is 15.2 Å². The van der Waals surface area contributed by atoms with Crippen molar-refractivity contribution in [2.45, 2.75) is 6.54 Å². The first-order chi connectivity index (χ1) is 16.0. The van der Waals surface area contributed by atoms with E-state index in [1.54, 1.807) is 30.5 Å². The molecular formula is C23H20N6O3S. The zero-order valence-electron chi connectivity index (χ0n) is 17.3. The van der Waals surface area contributed by atoms with Crippen molar-refractivity contribution in [3.63, 3.8) is 0 Å². The lowest BCUT2D eigenvalue weighted by molar-refractivity contribution is -0.403. The highest BCUT2D eigenvalue weighted by Gasteiger charge is 2.14. The number of benzene rings is 2. The summed E-state index contributed by atoms with van der Waals surface area (Å²) < 4.78 is 0. The number of carbonyl (C=O) groups is 1. The second kappa shape index (κ2) is 9.79. The Labute approximate surface area is 193 Å². The highest BCUT2D eigenvalue weighted by molar-refractivity contribution is 7.12. The van der Waals surface area contributed by atoms with Crippen LogP contribution in [-0.2, 0) is 6.54 Å². The molecule has 33 heavy (non-hydrogen) atoms. The van der Waals surface area contributed by atoms with Crippen LogP contribution in [0.2, 0.25) is 0 Å². The van der Waals surface area contributed by atoms with Gasteiger partial charge in [-0.15, -0.1) is 11.3 Å². The number of nitrogens with one attached hydrogen (secondary N) is 3. The molecule has 0 fully saturated rings. The Hall–Kier alpha value is -4.44. The summed E-state index contributed by atoms with van der Waals surface area (Å²) in [6.45, 7) is 0.555. The molecule has 0 radical (unpaired) electrons. The smallest absolute Gasteiger partial charge is 0.274 e. The van der Waals surface area contributed by atoms with Crippen molar-refractivity contribution >= 4 is 45.2 Å². The first-order valence-corrected chi connectivity index (χ1v) is 10.8. The van der Waals surface area contributed by atoms with Crippen LogP contribution in [0.3, 0.4) is 0 Å². The van der Waals surface area contributed by atoms with Crippen molar-refractivity contribution in [3.8, 4) is 0 Å². The third kappa shape index (κ3) is 5.43. The van der Waals surface area contributed by atoms with Gasteiger partial charge in [0.1, 0.15) is 4.88 Å². The zero-order valence-corrected chi connectivity index (χ0v) is 18.1. The van der Waals surface area contributed by atoms with Gasteiger partial charge in [-0.25, -0.2) is 0 Å². The van der Waals surface area contributed by atoms with Crippen LogP contribution < -0.4 is 21.7 Å². The minimum absolute atomic E-state index is 0.0898. The fourth-order valence-electron chi connectivity index (χ4n) is 3.26. The van der Waals surface area contributed by atoms with Crippen molar-refractivity contribution in [2.24, 2.45) is 5.73 Å². The normalized spacial score (nSPS) is 11.2. The minimum Gasteiger partial charge on any atom is -0.380 e. The molecule has 0 aliphatic heterocycles. The number of fused-ring (bicyclic) bond motifs is 1. The van der Waals surface area contributed by atoms with E-state index < -0.39 is 4.92 Å². The number of pyridine rings is 1. The Balaban J connectivity index is 1.41. The van der Waals surface area contributed by atoms with Gasteiger partial charge in [-0.3, -0.25) is 19.9 Å². The average Bonchev–Trinajstić information content (AvgIpc) is 3.27. The number of rotatable bonds is 8. The van der Waals surface area contributed by atoms with Gasteiger partial charge in [0.2, 0.25) is 0 Å². The van der Waals surface area contributed by atoms with Crippen LogP contribution in [0.4, 0.5) is 17.1 Å². The van der Waals surface area contributed by atoms with Gasteiger partial charge in [0.15, 0.2) is 5.82 Å². The van der Waals surface area contributed by atoms with Crippen LogP contribution in [0.5, 0.6) is 0 Å². The van der Waals surface area contributed by atoms with Crippen LogP contribution in [0.15, 0.2) is 84.3 Å². The number of hydrogen-bond acceptors (Lipinski definition) is 8. The Bertz CT molecular complexity index is 1330. The minimum atomic E-state index is -0.638. The summed E-state index contributed by atoms with van der Waals surface area (Å²) in [5, 5.41) is 22.3. The van der Waals surface area contributed by atoms with E-state index in [2.05, 4.69) is 20.9 Å². The van der Waals surface area contributed by atoms with Crippen LogP contribution >= 0.6 is 11.3 Å². The van der Waals surface area contributed by atoms with Crippen LogP contribution in [0, 0.1) is 10.1 Å². The highest BCUT2D eigenvalue weighted by Crippen LogP contribution is 2.26. The van der Waals surface area contributed by atoms with Gasteiger partial charge in [0.25, 0.3) is 12.1 Å². The average molecular weight is 461 g/mol. The molecule has 0 spiro atoms. The van der Waals surface area contributed by atoms with E-state index in [0.717, 1.165) is 22.2 Å². The first kappa shape index (κ1) is 21.8. The third-order valence-corrected chi connectivity index (χ3v) is 5.67. The predicted octanol–water partition coefficient (Wildman–Crippen LogP) is 4.61. The topological polar surface area (TPSA) is 135 Å². The van der Waals surface area contributed by atoms with Crippen molar-refractivity contribution < 1.29 is 9.72 Å². The largest absolute Gasteiger partial charge is 0.380 e. The number of carbonyl (C=O) groups excluding carboxylic acids is 1. The first-order valence-electron chi connectivity index (χ1n) is 9.93. The molecule has 2 aromatic heterocycles. The number of nitro groups is 1. The van der Waals surface area contributed by atoms with Gasteiger partial charge in [0, 0.05) is 29.5 Å². The molecule has 0 unspecified atom stereocenters. The molecule has 2 aromatic carbocycles. The second-order valence-corrected chi connectivity index (χ2v) is 7.95. The van der Waals surface area contributed by atoms with E-state index >= 15 is 0 Å². The number of hydrogen-bond donors (Lipinski definition) is 4. The molecule has 0 bridgehead atoms. The number of aromatic nitrogens is 1. The van der Waals surface area contributed by atoms with Crippen molar-refractivity contribution in [1.29, 1.82) is 0 Å². The Morgan fingerprint density at radius 2 is 1.79 bits per heavy atom. The van der Waals surface area contributed by atoms with Gasteiger partial charge in [0.05, 0.1) is 16.1 Å². The zero-order chi connectivity index (χ0) is 23.2. The summed E-state index contributed by atoms with van der Waals surface area (Å²) in [5.41, 5.74) is 9.44. The Morgan fingerprint density at radius 1 is 1.06 bits per heavy atom. The number of para-hydroxylation sites is 1. The molecule has 0 aliphatic carbocycles. The third-order valence-electron chi connectivity index (χ3n) is 4.76. The molecule has 0 saturated carbocycles. The Morgan fingerprint density at radius 3 is 2.55 bits per heavy atom. The van der Waals surface area contributed by atoms with Crippen molar-refractivity contribution in [2.75, 3.05) is 16.0 Å². The molecule has 5 N–H and O–H groups in total. The summed E-state index contributed by atoms with van der Waals surface area (Å²) in [7, 11) is 0. The maximum Gasteiger partial charge on any atom is 0.274 e. The molecule has 166 valence electrons. The van der Waals surface area contributed by atoms with E-state index in [1.165, 1.54) is 11.3 Å². The van der Waals surface area contributed by atoms with E-state index in [4.69, 9.17) is 5.73 Å². The molecule has 9 nitrogen and oxygen atoms in total. The number of thiophene rings is 1. The lowest BCUT2D eigenvalue weighted by atomic mass is 10.1. The monoisotopic (exact) mass is 460 g/mol. The molecule has 0 atom stereocenters. The van der Waals surface area contributed by atoms with Gasteiger partial charge in [-0.05, 0) is 53.4 Å². The highest BCUT2D eigenvalue weighted by atomic mass is 32.1. The number of amides is 1. The van der Waals surface area contributed by atoms with Gasteiger partial charge < -0.3 is 21.7 Å². The molecular weight excluding hydrogens is 440 g/mol. The van der Waals surface area contributed by atoms with Crippen molar-refractivity contribution in [1.82, 2.24) is 4.98 Å². The van der Waals surface area contributed by atoms with E-state index in [-0.39, 0.29) is 11.7 Å². The van der Waals surface area contributed by atoms with Crippen LogP contribution in [-0.4, -0.2) is 15.8 Å². The summed E-state index contributed by atoms with van der Waals surface area (Å²) >= 11 is 1.35. The second-order valence-electron chi connectivity index (χ2n) is 7.03. The summed E-state index contributed by atoms with van der Waals surface area (Å²) in [4.78, 5) is 27.6. The molecule has 1 amide bonds. The van der Waals surface area contributed by atoms with Gasteiger partial charge >= 0.3 is 0 Å². The van der Waals surface area contributed by atoms with Crippen molar-refractivity contribution in [3.05, 3.63) is 105 Å². The van der Waals surface area contributed by atoms with Gasteiger partial charge in [-0.1, -0.05) is 18.2 Å². The lowest BCUT2D eigenvalue weighted by Gasteiger charge is -2.11. The van der Waals surface area contributed by atoms with E-state index in [0.29, 0.717) is 29.0 Å². The fourth-order valence-corrected chi connectivity index (χ4v) is 4.03. The quantitative estimate of drug-likeness (QED) is 0.223. The summed E-state index contributed by atoms with van der Waals surface area (Å²) in [5.74, 6) is -0.325. The number of anilines is 3. The standard InChI is InChI=1S/C23H20N6O3S/c24-21(14-29(31)32)27-16-5-7-17(8-6-16)28-23(30)22-20(10-12-33-22)26-13-15-9-11-25-19-4-2-1-3-18(15)19/h1-12,14,26-27H,13,24H2,(H,28,30)/b21-14+. The molecule has 4 aromatic rings. The van der Waals surface area contributed by atoms with Crippen LogP contribution in [0.25, 0.3) is 10.9 Å². The lowest BCUT2D eigenvalue weighted by Crippen LogP contribution is -2.13. The molecule has 4 rings (SSSR count). The van der Waals surface area contributed by atoms with E-state index in [1.807, 2.05) is 41.8 Å². The number of nitrogens with zero attached hydrogens (tertiary/aromatic N) is 2. The molecule has 2 heterocycles. The summed E-state index contributed by atoms with van der Waals surface area (Å²) in [6.07, 6.45) is 2.45. The SMILES string of the molecule is N/C(=C\[N+](=O)[O-])Nc1ccc(NC(=O)c2sccc2NCc2ccnc3ccccc23)cc1. The predicted molar refractivity (Wildman–Crippen MR) is 131 cm³/mol. The number of nitrogens with two attached hydrogens (primary N) is 1. The molecule has 0 saturated heterocycles. The fraction of sp³-hybridized carbons (Fsp3) is 0.0435. The molecule has 10 heteroatoms. The van der Waals surface area contributed by atoms with Gasteiger partial charge in [-0.2, -0.15) is 0 Å². The molecule has 0 aliphatic rings.